The zero-order valence-electron chi connectivity index (χ0n) is 20.4. The Hall–Kier alpha value is -4.13. The van der Waals surface area contributed by atoms with Gasteiger partial charge < -0.3 is 21.3 Å². The molecule has 0 fully saturated rings. The molecule has 0 aliphatic heterocycles. The van der Waals surface area contributed by atoms with E-state index in [1.54, 1.807) is 36.4 Å². The molecule has 3 rings (SSSR count). The van der Waals surface area contributed by atoms with Crippen LogP contribution in [0, 0.1) is 5.41 Å². The van der Waals surface area contributed by atoms with E-state index < -0.39 is 5.41 Å². The van der Waals surface area contributed by atoms with Crippen molar-refractivity contribution in [2.45, 2.75) is 33.6 Å². The zero-order valence-corrected chi connectivity index (χ0v) is 20.4. The van der Waals surface area contributed by atoms with Gasteiger partial charge >= 0.3 is 0 Å². The first-order valence-corrected chi connectivity index (χ1v) is 11.6. The Bertz CT molecular complexity index is 1150. The number of anilines is 4. The fourth-order valence-corrected chi connectivity index (χ4v) is 3.18. The molecule has 0 heterocycles. The van der Waals surface area contributed by atoms with Crippen molar-refractivity contribution in [3.8, 4) is 0 Å². The second kappa shape index (κ2) is 11.8. The molecule has 7 nitrogen and oxygen atoms in total. The number of hydrogen-bond donors (Lipinski definition) is 4. The van der Waals surface area contributed by atoms with Crippen LogP contribution in [0.25, 0.3) is 0 Å². The molecule has 0 unspecified atom stereocenters. The van der Waals surface area contributed by atoms with Gasteiger partial charge in [0.05, 0.1) is 6.54 Å². The molecule has 0 aliphatic carbocycles. The van der Waals surface area contributed by atoms with E-state index in [4.69, 9.17) is 0 Å². The highest BCUT2D eigenvalue weighted by Crippen LogP contribution is 2.20. The summed E-state index contributed by atoms with van der Waals surface area (Å²) in [6, 6.07) is 24.1. The Balaban J connectivity index is 1.43. The lowest BCUT2D eigenvalue weighted by Gasteiger charge is -2.18. The van der Waals surface area contributed by atoms with Crippen LogP contribution in [-0.4, -0.2) is 24.3 Å². The fourth-order valence-electron chi connectivity index (χ4n) is 3.18. The van der Waals surface area contributed by atoms with E-state index in [-0.39, 0.29) is 24.3 Å². The quantitative estimate of drug-likeness (QED) is 0.340. The maximum atomic E-state index is 12.4. The first kappa shape index (κ1) is 25.5. The Kier molecular flexibility index (Phi) is 8.62. The van der Waals surface area contributed by atoms with E-state index in [0.29, 0.717) is 29.9 Å². The molecule has 3 aromatic rings. The minimum absolute atomic E-state index is 0.0464. The van der Waals surface area contributed by atoms with E-state index in [1.165, 1.54) is 0 Å². The molecule has 4 N–H and O–H groups in total. The summed E-state index contributed by atoms with van der Waals surface area (Å²) in [5.74, 6) is -0.365. The Morgan fingerprint density at radius 1 is 0.657 bits per heavy atom. The highest BCUT2D eigenvalue weighted by atomic mass is 16.2. The van der Waals surface area contributed by atoms with E-state index in [9.17, 15) is 14.4 Å². The predicted octanol–water partition coefficient (Wildman–Crippen LogP) is 5.29. The number of nitrogens with one attached hydrogen (secondary N) is 4. The lowest BCUT2D eigenvalue weighted by Crippen LogP contribution is -2.27. The van der Waals surface area contributed by atoms with Crippen molar-refractivity contribution in [3.63, 3.8) is 0 Å². The smallest absolute Gasteiger partial charge is 0.243 e. The van der Waals surface area contributed by atoms with Gasteiger partial charge in [-0.2, -0.15) is 0 Å². The molecule has 0 aliphatic rings. The third kappa shape index (κ3) is 8.62. The largest absolute Gasteiger partial charge is 0.376 e. The first-order chi connectivity index (χ1) is 16.7. The minimum Gasteiger partial charge on any atom is -0.376 e. The average molecular weight is 473 g/mol. The number of hydrogen-bond acceptors (Lipinski definition) is 4. The highest BCUT2D eigenvalue weighted by Gasteiger charge is 2.21. The number of benzene rings is 3. The molecule has 35 heavy (non-hydrogen) atoms. The average Bonchev–Trinajstić information content (AvgIpc) is 2.82. The van der Waals surface area contributed by atoms with Crippen molar-refractivity contribution in [2.75, 3.05) is 27.8 Å². The summed E-state index contributed by atoms with van der Waals surface area (Å²) >= 11 is 0. The van der Waals surface area contributed by atoms with Crippen LogP contribution in [-0.2, 0) is 20.8 Å². The molecule has 182 valence electrons. The summed E-state index contributed by atoms with van der Waals surface area (Å²) in [6.07, 6.45) is 1.10. The summed E-state index contributed by atoms with van der Waals surface area (Å²) in [4.78, 5) is 36.7. The van der Waals surface area contributed by atoms with Gasteiger partial charge in [-0.1, -0.05) is 57.2 Å². The van der Waals surface area contributed by atoms with Crippen molar-refractivity contribution in [3.05, 3.63) is 84.4 Å². The lowest BCUT2D eigenvalue weighted by molar-refractivity contribution is -0.123. The van der Waals surface area contributed by atoms with E-state index in [1.807, 2.05) is 63.2 Å². The summed E-state index contributed by atoms with van der Waals surface area (Å²) in [6.45, 7) is 5.59. The van der Waals surface area contributed by atoms with Crippen molar-refractivity contribution in [1.29, 1.82) is 0 Å². The standard InChI is InChI=1S/C28H32N4O3/c1-28(2,3)27(35)32-24-11-7-10-23(18-24)31-26(34)19-29-21-13-15-22(16-14-21)30-25(33)17-12-20-8-5-4-6-9-20/h4-11,13-16,18,29H,12,17,19H2,1-3H3,(H,30,33)(H,31,34)(H,32,35). The van der Waals surface area contributed by atoms with E-state index >= 15 is 0 Å². The number of carbonyl (C=O) groups is 3. The molecule has 7 heteroatoms. The van der Waals surface area contributed by atoms with Crippen LogP contribution < -0.4 is 21.3 Å². The molecule has 0 radical (unpaired) electrons. The van der Waals surface area contributed by atoms with E-state index in [0.717, 1.165) is 11.3 Å². The monoisotopic (exact) mass is 472 g/mol. The lowest BCUT2D eigenvalue weighted by atomic mass is 9.95. The van der Waals surface area contributed by atoms with Crippen molar-refractivity contribution >= 4 is 40.5 Å². The maximum absolute atomic E-state index is 12.4. The molecule has 0 aromatic heterocycles. The van der Waals surface area contributed by atoms with Gasteiger partial charge in [0.25, 0.3) is 0 Å². The fraction of sp³-hybridized carbons (Fsp3) is 0.250. The second-order valence-corrected chi connectivity index (χ2v) is 9.30. The molecule has 0 atom stereocenters. The van der Waals surface area contributed by atoms with Crippen LogP contribution in [0.15, 0.2) is 78.9 Å². The predicted molar refractivity (Wildman–Crippen MR) is 141 cm³/mol. The minimum atomic E-state index is -0.510. The Morgan fingerprint density at radius 3 is 1.91 bits per heavy atom. The van der Waals surface area contributed by atoms with Gasteiger partial charge in [0.2, 0.25) is 17.7 Å². The molecule has 0 saturated heterocycles. The number of rotatable bonds is 9. The van der Waals surface area contributed by atoms with Crippen LogP contribution in [0.1, 0.15) is 32.8 Å². The summed E-state index contributed by atoms with van der Waals surface area (Å²) in [5, 5.41) is 11.6. The number of amides is 3. The third-order valence-electron chi connectivity index (χ3n) is 5.19. The van der Waals surface area contributed by atoms with Crippen LogP contribution in [0.5, 0.6) is 0 Å². The van der Waals surface area contributed by atoms with Crippen LogP contribution in [0.4, 0.5) is 22.7 Å². The molecular formula is C28H32N4O3. The Morgan fingerprint density at radius 2 is 1.26 bits per heavy atom. The zero-order chi connectivity index (χ0) is 25.3. The van der Waals surface area contributed by atoms with E-state index in [2.05, 4.69) is 21.3 Å². The normalized spacial score (nSPS) is 10.8. The molecule has 0 spiro atoms. The van der Waals surface area contributed by atoms with Crippen LogP contribution in [0.2, 0.25) is 0 Å². The molecule has 3 aromatic carbocycles. The maximum Gasteiger partial charge on any atom is 0.243 e. The third-order valence-corrected chi connectivity index (χ3v) is 5.19. The van der Waals surface area contributed by atoms with Crippen molar-refractivity contribution in [2.24, 2.45) is 5.41 Å². The van der Waals surface area contributed by atoms with Gasteiger partial charge in [0.1, 0.15) is 0 Å². The highest BCUT2D eigenvalue weighted by molar-refractivity contribution is 5.97. The van der Waals surface area contributed by atoms with Gasteiger partial charge in [-0.15, -0.1) is 0 Å². The van der Waals surface area contributed by atoms with Gasteiger partial charge in [0.15, 0.2) is 0 Å². The molecule has 0 saturated carbocycles. The second-order valence-electron chi connectivity index (χ2n) is 9.30. The summed E-state index contributed by atoms with van der Waals surface area (Å²) in [5.41, 5.74) is 3.29. The SMILES string of the molecule is CC(C)(C)C(=O)Nc1cccc(NC(=O)CNc2ccc(NC(=O)CCc3ccccc3)cc2)c1. The van der Waals surface area contributed by atoms with Gasteiger partial charge in [-0.3, -0.25) is 14.4 Å². The van der Waals surface area contributed by atoms with Crippen LogP contribution >= 0.6 is 0 Å². The summed E-state index contributed by atoms with van der Waals surface area (Å²) < 4.78 is 0. The van der Waals surface area contributed by atoms with Gasteiger partial charge in [-0.25, -0.2) is 0 Å². The van der Waals surface area contributed by atoms with Gasteiger partial charge in [0, 0.05) is 34.6 Å². The molecular weight excluding hydrogens is 440 g/mol. The first-order valence-electron chi connectivity index (χ1n) is 11.6. The molecule has 3 amide bonds. The molecule has 0 bridgehead atoms. The van der Waals surface area contributed by atoms with Crippen molar-refractivity contribution < 1.29 is 14.4 Å². The number of aryl methyl sites for hydroxylation is 1. The number of carbonyl (C=O) groups excluding carboxylic acids is 3. The Labute approximate surface area is 206 Å². The topological polar surface area (TPSA) is 99.3 Å². The van der Waals surface area contributed by atoms with Crippen molar-refractivity contribution in [1.82, 2.24) is 0 Å². The van der Waals surface area contributed by atoms with Crippen LogP contribution in [0.3, 0.4) is 0 Å². The van der Waals surface area contributed by atoms with Gasteiger partial charge in [-0.05, 0) is 54.4 Å². The summed E-state index contributed by atoms with van der Waals surface area (Å²) in [7, 11) is 0.